The number of phenols is 1. The molecule has 5 heteroatoms. The summed E-state index contributed by atoms with van der Waals surface area (Å²) in [6.45, 7) is 7.68. The van der Waals surface area contributed by atoms with E-state index in [1.165, 1.54) is 6.07 Å². The number of carbonyl (C=O) groups is 1. The first-order valence-corrected chi connectivity index (χ1v) is 9.88. The molecule has 2 fully saturated rings. The molecule has 28 heavy (non-hydrogen) atoms. The van der Waals surface area contributed by atoms with Gasteiger partial charge in [0.25, 0.3) is 0 Å². The number of phenolic OH excluding ortho intramolecular Hbond substituents is 1. The smallest absolute Gasteiger partial charge is 0.233 e. The van der Waals surface area contributed by atoms with Crippen LogP contribution in [-0.4, -0.2) is 47.0 Å². The minimum atomic E-state index is -0.744. The van der Waals surface area contributed by atoms with E-state index in [4.69, 9.17) is 0 Å². The number of amides is 1. The highest BCUT2D eigenvalue weighted by Crippen LogP contribution is 2.65. The minimum absolute atomic E-state index is 0.0552. The summed E-state index contributed by atoms with van der Waals surface area (Å²) in [5, 5.41) is 9.63. The first-order chi connectivity index (χ1) is 13.3. The Morgan fingerprint density at radius 2 is 1.75 bits per heavy atom. The van der Waals surface area contributed by atoms with Gasteiger partial charge >= 0.3 is 0 Å². The van der Waals surface area contributed by atoms with Crippen LogP contribution in [0.25, 0.3) is 0 Å². The molecule has 4 nitrogen and oxygen atoms in total. The molecule has 1 saturated heterocycles. The van der Waals surface area contributed by atoms with Gasteiger partial charge in [-0.1, -0.05) is 44.2 Å². The summed E-state index contributed by atoms with van der Waals surface area (Å²) >= 11 is 0. The number of halogens is 1. The summed E-state index contributed by atoms with van der Waals surface area (Å²) in [5.74, 6) is 0.0395. The number of carbonyl (C=O) groups excluding carboxylic acids is 1. The Kier molecular flexibility index (Phi) is 4.66. The molecule has 0 spiro atoms. The van der Waals surface area contributed by atoms with Gasteiger partial charge in [-0.25, -0.2) is 4.39 Å². The van der Waals surface area contributed by atoms with E-state index in [0.29, 0.717) is 25.1 Å². The number of piperazine rings is 1. The van der Waals surface area contributed by atoms with Crippen molar-refractivity contribution in [1.29, 1.82) is 0 Å². The quantitative estimate of drug-likeness (QED) is 0.880. The lowest BCUT2D eigenvalue weighted by atomic mass is 9.86. The summed E-state index contributed by atoms with van der Waals surface area (Å²) in [4.78, 5) is 17.7. The van der Waals surface area contributed by atoms with Crippen LogP contribution < -0.4 is 0 Å². The molecule has 1 aliphatic carbocycles. The Labute approximate surface area is 165 Å². The minimum Gasteiger partial charge on any atom is -0.508 e. The third kappa shape index (κ3) is 3.18. The van der Waals surface area contributed by atoms with Gasteiger partial charge in [-0.2, -0.15) is 0 Å². The molecular weight excluding hydrogens is 355 g/mol. The molecule has 1 aliphatic heterocycles. The second-order valence-electron chi connectivity index (χ2n) is 8.68. The highest BCUT2D eigenvalue weighted by Gasteiger charge is 2.68. The molecule has 0 radical (unpaired) electrons. The van der Waals surface area contributed by atoms with Gasteiger partial charge in [0.2, 0.25) is 5.91 Å². The second-order valence-corrected chi connectivity index (χ2v) is 8.68. The molecule has 1 amide bonds. The monoisotopic (exact) mass is 382 g/mol. The number of benzene rings is 2. The van der Waals surface area contributed by atoms with Crippen LogP contribution in [0.2, 0.25) is 0 Å². The molecular formula is C23H27FN2O2. The van der Waals surface area contributed by atoms with Crippen molar-refractivity contribution in [2.75, 3.05) is 26.2 Å². The molecule has 0 aromatic heterocycles. The third-order valence-corrected chi connectivity index (χ3v) is 6.41. The van der Waals surface area contributed by atoms with Crippen LogP contribution in [-0.2, 0) is 16.8 Å². The van der Waals surface area contributed by atoms with Gasteiger partial charge in [0.15, 0.2) is 0 Å². The Hall–Kier alpha value is -2.40. The van der Waals surface area contributed by atoms with Crippen molar-refractivity contribution in [3.8, 4) is 5.75 Å². The van der Waals surface area contributed by atoms with Crippen molar-refractivity contribution in [3.05, 3.63) is 65.5 Å². The maximum Gasteiger partial charge on any atom is 0.233 e. The average molecular weight is 382 g/mol. The molecule has 1 N–H and O–H groups in total. The van der Waals surface area contributed by atoms with E-state index in [2.05, 4.69) is 18.7 Å². The van der Waals surface area contributed by atoms with Crippen molar-refractivity contribution in [2.24, 2.45) is 5.41 Å². The largest absolute Gasteiger partial charge is 0.508 e. The summed E-state index contributed by atoms with van der Waals surface area (Å²) in [6, 6.07) is 14.0. The highest BCUT2D eigenvalue weighted by molar-refractivity contribution is 5.93. The van der Waals surface area contributed by atoms with E-state index < -0.39 is 5.41 Å². The van der Waals surface area contributed by atoms with Crippen LogP contribution in [0.3, 0.4) is 0 Å². The number of nitrogens with zero attached hydrogens (tertiary/aromatic N) is 2. The van der Waals surface area contributed by atoms with E-state index in [1.54, 1.807) is 24.3 Å². The van der Waals surface area contributed by atoms with E-state index in [0.717, 1.165) is 25.2 Å². The average Bonchev–Trinajstić information content (AvgIpc) is 3.25. The Morgan fingerprint density at radius 3 is 2.36 bits per heavy atom. The van der Waals surface area contributed by atoms with Crippen LogP contribution in [0.1, 0.15) is 31.4 Å². The fourth-order valence-corrected chi connectivity index (χ4v) is 4.66. The number of rotatable bonds is 4. The predicted molar refractivity (Wildman–Crippen MR) is 106 cm³/mol. The summed E-state index contributed by atoms with van der Waals surface area (Å²) in [6.07, 6.45) is 0.684. The topological polar surface area (TPSA) is 43.8 Å². The standard InChI is InChI=1S/C23H27FN2O2/c1-22(2)16-23(22,19-8-3-4-9-20(19)24)21(28)26-12-10-25(11-13-26)15-17-6-5-7-18(27)14-17/h3-9,14,27H,10-13,15-16H2,1-2H3/t23-/m1/s1. The van der Waals surface area contributed by atoms with Gasteiger partial charge in [-0.05, 0) is 35.6 Å². The maximum atomic E-state index is 14.5. The molecule has 0 unspecified atom stereocenters. The van der Waals surface area contributed by atoms with Gasteiger partial charge in [-0.3, -0.25) is 9.69 Å². The van der Waals surface area contributed by atoms with Gasteiger partial charge < -0.3 is 10.0 Å². The van der Waals surface area contributed by atoms with Crippen molar-refractivity contribution in [2.45, 2.75) is 32.2 Å². The fraction of sp³-hybridized carbons (Fsp3) is 0.435. The van der Waals surface area contributed by atoms with Gasteiger partial charge in [0, 0.05) is 38.3 Å². The molecule has 148 valence electrons. The van der Waals surface area contributed by atoms with Gasteiger partial charge in [0.1, 0.15) is 11.6 Å². The van der Waals surface area contributed by atoms with Crippen LogP contribution in [0, 0.1) is 11.2 Å². The molecule has 4 rings (SSSR count). The number of aromatic hydroxyl groups is 1. The first-order valence-electron chi connectivity index (χ1n) is 9.88. The third-order valence-electron chi connectivity index (χ3n) is 6.41. The Bertz CT molecular complexity index is 890. The van der Waals surface area contributed by atoms with Gasteiger partial charge in [-0.15, -0.1) is 0 Å². The molecule has 0 bridgehead atoms. The highest BCUT2D eigenvalue weighted by atomic mass is 19.1. The lowest BCUT2D eigenvalue weighted by Gasteiger charge is -2.37. The second kappa shape index (κ2) is 6.89. The fourth-order valence-electron chi connectivity index (χ4n) is 4.66. The van der Waals surface area contributed by atoms with E-state index in [9.17, 15) is 14.3 Å². The van der Waals surface area contributed by atoms with E-state index >= 15 is 0 Å². The lowest BCUT2D eigenvalue weighted by Crippen LogP contribution is -2.52. The molecule has 2 aromatic carbocycles. The van der Waals surface area contributed by atoms with Crippen molar-refractivity contribution < 1.29 is 14.3 Å². The zero-order valence-corrected chi connectivity index (χ0v) is 16.5. The normalized spacial score (nSPS) is 24.2. The Balaban J connectivity index is 1.45. The first kappa shape index (κ1) is 18.9. The SMILES string of the molecule is CC1(C)C[C@]1(C(=O)N1CCN(Cc2cccc(O)c2)CC1)c1ccccc1F. The zero-order chi connectivity index (χ0) is 19.9. The summed E-state index contributed by atoms with van der Waals surface area (Å²) < 4.78 is 14.5. The van der Waals surface area contributed by atoms with Crippen LogP contribution in [0.15, 0.2) is 48.5 Å². The van der Waals surface area contributed by atoms with Crippen molar-refractivity contribution in [3.63, 3.8) is 0 Å². The number of hydrogen-bond acceptors (Lipinski definition) is 3. The summed E-state index contributed by atoms with van der Waals surface area (Å²) in [7, 11) is 0. The predicted octanol–water partition coefficient (Wildman–Crippen LogP) is 3.54. The van der Waals surface area contributed by atoms with Gasteiger partial charge in [0.05, 0.1) is 5.41 Å². The molecule has 1 atom stereocenters. The molecule has 2 aromatic rings. The van der Waals surface area contributed by atoms with Crippen molar-refractivity contribution >= 4 is 5.91 Å². The molecule has 1 heterocycles. The molecule has 1 saturated carbocycles. The van der Waals surface area contributed by atoms with E-state index in [1.807, 2.05) is 23.1 Å². The van der Waals surface area contributed by atoms with Crippen LogP contribution >= 0.6 is 0 Å². The summed E-state index contributed by atoms with van der Waals surface area (Å²) in [5.41, 5.74) is 0.620. The maximum absolute atomic E-state index is 14.5. The van der Waals surface area contributed by atoms with E-state index in [-0.39, 0.29) is 22.9 Å². The Morgan fingerprint density at radius 1 is 1.07 bits per heavy atom. The van der Waals surface area contributed by atoms with Crippen LogP contribution in [0.5, 0.6) is 5.75 Å². The number of hydrogen-bond donors (Lipinski definition) is 1. The van der Waals surface area contributed by atoms with Crippen molar-refractivity contribution in [1.82, 2.24) is 9.80 Å². The molecule has 2 aliphatic rings. The van der Waals surface area contributed by atoms with Crippen LogP contribution in [0.4, 0.5) is 4.39 Å². The zero-order valence-electron chi connectivity index (χ0n) is 16.5. The lowest BCUT2D eigenvalue weighted by molar-refractivity contribution is -0.136.